The number of diazo groups is 1. The van der Waals surface area contributed by atoms with Gasteiger partial charge in [0.25, 0.3) is 0 Å². The van der Waals surface area contributed by atoms with Gasteiger partial charge in [-0.05, 0) is 31.5 Å². The Bertz CT molecular complexity index is 644. The Labute approximate surface area is 131 Å². The molecule has 1 N–H and O–H groups in total. The Morgan fingerprint density at radius 1 is 1.36 bits per heavy atom. The maximum absolute atomic E-state index is 9.93. The molecule has 5 heteroatoms. The summed E-state index contributed by atoms with van der Waals surface area (Å²) in [7, 11) is 3.21. The summed E-state index contributed by atoms with van der Waals surface area (Å²) < 4.78 is 10.9. The summed E-state index contributed by atoms with van der Waals surface area (Å²) in [5, 5.41) is 18.5. The summed E-state index contributed by atoms with van der Waals surface area (Å²) >= 11 is 0. The maximum atomic E-state index is 9.93. The molecule has 118 valence electrons. The molecule has 1 aromatic rings. The van der Waals surface area contributed by atoms with Crippen molar-refractivity contribution in [3.05, 3.63) is 52.3 Å². The van der Waals surface area contributed by atoms with Gasteiger partial charge in [-0.1, -0.05) is 19.1 Å². The van der Waals surface area contributed by atoms with Crippen LogP contribution in [0.3, 0.4) is 0 Å². The Morgan fingerprint density at radius 2 is 1.95 bits per heavy atom. The van der Waals surface area contributed by atoms with E-state index >= 15 is 0 Å². The SMILES string of the molecule is C=C(C)C(C)(C/C(O)=C/[N+]#N)c1cc(OC)c(C)cc1OC. The van der Waals surface area contributed by atoms with Crippen LogP contribution in [-0.2, 0) is 5.41 Å². The standard InChI is InChI=1S/C17H22N2O3/c1-11(2)17(4,9-13(20)10-19-18)14-8-15(21-5)12(3)7-16(14)22-6/h7-8,10H,1,9H2,2-6H3/p+1/b13-10-. The van der Waals surface area contributed by atoms with Crippen LogP contribution < -0.4 is 9.47 Å². The van der Waals surface area contributed by atoms with E-state index in [2.05, 4.69) is 11.6 Å². The first-order valence-corrected chi connectivity index (χ1v) is 6.91. The van der Waals surface area contributed by atoms with Crippen molar-refractivity contribution in [1.82, 2.24) is 0 Å². The summed E-state index contributed by atoms with van der Waals surface area (Å²) in [5.74, 6) is 1.38. The van der Waals surface area contributed by atoms with E-state index in [1.807, 2.05) is 32.9 Å². The summed E-state index contributed by atoms with van der Waals surface area (Å²) in [4.78, 5) is 2.87. The van der Waals surface area contributed by atoms with E-state index in [-0.39, 0.29) is 12.2 Å². The number of methoxy groups -OCH3 is 2. The molecule has 1 aromatic carbocycles. The third-order valence-corrected chi connectivity index (χ3v) is 3.99. The first-order chi connectivity index (χ1) is 10.3. The molecule has 0 aromatic heterocycles. The molecule has 0 fully saturated rings. The molecule has 1 atom stereocenters. The fourth-order valence-corrected chi connectivity index (χ4v) is 2.43. The molecule has 0 saturated carbocycles. The highest BCUT2D eigenvalue weighted by atomic mass is 16.5. The van der Waals surface area contributed by atoms with Crippen LogP contribution in [0.1, 0.15) is 31.4 Å². The van der Waals surface area contributed by atoms with Crippen LogP contribution in [0.4, 0.5) is 0 Å². The minimum Gasteiger partial charge on any atom is -0.505 e. The highest BCUT2D eigenvalue weighted by Gasteiger charge is 2.34. The molecule has 0 amide bonds. The topological polar surface area (TPSA) is 66.8 Å². The van der Waals surface area contributed by atoms with Crippen molar-refractivity contribution in [2.45, 2.75) is 32.6 Å². The van der Waals surface area contributed by atoms with Gasteiger partial charge in [-0.2, -0.15) is 0 Å². The third-order valence-electron chi connectivity index (χ3n) is 3.99. The lowest BCUT2D eigenvalue weighted by Gasteiger charge is -2.32. The number of rotatable bonds is 6. The van der Waals surface area contributed by atoms with Crippen LogP contribution in [0.5, 0.6) is 11.5 Å². The number of benzene rings is 1. The molecule has 1 unspecified atom stereocenters. The number of allylic oxidation sites excluding steroid dienone is 2. The highest BCUT2D eigenvalue weighted by molar-refractivity contribution is 5.52. The largest absolute Gasteiger partial charge is 0.505 e. The van der Waals surface area contributed by atoms with E-state index < -0.39 is 5.41 Å². The monoisotopic (exact) mass is 303 g/mol. The summed E-state index contributed by atoms with van der Waals surface area (Å²) in [5.41, 5.74) is 2.05. The van der Waals surface area contributed by atoms with Crippen molar-refractivity contribution in [1.29, 1.82) is 5.39 Å². The lowest BCUT2D eigenvalue weighted by atomic mass is 9.73. The molecule has 0 bridgehead atoms. The second-order valence-corrected chi connectivity index (χ2v) is 5.55. The van der Waals surface area contributed by atoms with Gasteiger partial charge in [-0.25, -0.2) is 0 Å². The third kappa shape index (κ3) is 3.40. The summed E-state index contributed by atoms with van der Waals surface area (Å²) in [6.07, 6.45) is 1.24. The Morgan fingerprint density at radius 3 is 2.41 bits per heavy atom. The number of ether oxygens (including phenoxy) is 2. The van der Waals surface area contributed by atoms with Gasteiger partial charge in [-0.3, -0.25) is 0 Å². The van der Waals surface area contributed by atoms with E-state index in [9.17, 15) is 5.11 Å². The van der Waals surface area contributed by atoms with Gasteiger partial charge in [0.15, 0.2) is 10.7 Å². The van der Waals surface area contributed by atoms with Crippen molar-refractivity contribution >= 4 is 0 Å². The fraction of sp³-hybridized carbons (Fsp3) is 0.412. The summed E-state index contributed by atoms with van der Waals surface area (Å²) in [6, 6.07) is 3.79. The molecule has 0 aliphatic carbocycles. The number of aliphatic hydroxyl groups excluding tert-OH is 1. The minimum absolute atomic E-state index is 0.0467. The molecule has 0 radical (unpaired) electrons. The molecular formula is C17H23N2O3+. The Hall–Kier alpha value is -2.48. The van der Waals surface area contributed by atoms with Crippen LogP contribution >= 0.6 is 0 Å². The first kappa shape index (κ1) is 17.6. The van der Waals surface area contributed by atoms with Gasteiger partial charge in [-0.15, -0.1) is 0 Å². The smallest absolute Gasteiger partial charge is 0.387 e. The van der Waals surface area contributed by atoms with Crippen molar-refractivity contribution < 1.29 is 14.6 Å². The van der Waals surface area contributed by atoms with E-state index in [0.29, 0.717) is 5.75 Å². The first-order valence-electron chi connectivity index (χ1n) is 6.91. The van der Waals surface area contributed by atoms with Gasteiger partial charge >= 0.3 is 6.20 Å². The average molecular weight is 303 g/mol. The van der Waals surface area contributed by atoms with E-state index in [0.717, 1.165) is 28.6 Å². The number of hydrogen-bond acceptors (Lipinski definition) is 4. The van der Waals surface area contributed by atoms with Crippen molar-refractivity contribution in [2.75, 3.05) is 14.2 Å². The highest BCUT2D eigenvalue weighted by Crippen LogP contribution is 2.43. The predicted octanol–water partition coefficient (Wildman–Crippen LogP) is 4.49. The molecule has 5 nitrogen and oxygen atoms in total. The zero-order valence-electron chi connectivity index (χ0n) is 13.8. The van der Waals surface area contributed by atoms with E-state index in [1.165, 1.54) is 0 Å². The lowest BCUT2D eigenvalue weighted by Crippen LogP contribution is -2.25. The van der Waals surface area contributed by atoms with Crippen LogP contribution in [0.15, 0.2) is 36.2 Å². The van der Waals surface area contributed by atoms with E-state index in [4.69, 9.17) is 14.9 Å². The van der Waals surface area contributed by atoms with Gasteiger partial charge in [0.1, 0.15) is 11.5 Å². The molecule has 0 aliphatic rings. The second-order valence-electron chi connectivity index (χ2n) is 5.55. The molecule has 0 saturated heterocycles. The summed E-state index contributed by atoms with van der Waals surface area (Å²) in [6.45, 7) is 9.81. The normalized spacial score (nSPS) is 13.9. The van der Waals surface area contributed by atoms with Crippen LogP contribution in [-0.4, -0.2) is 19.3 Å². The van der Waals surface area contributed by atoms with Crippen molar-refractivity contribution in [2.24, 2.45) is 0 Å². The number of hydrogen-bond donors (Lipinski definition) is 1. The maximum Gasteiger partial charge on any atom is 0.387 e. The van der Waals surface area contributed by atoms with Crippen LogP contribution in [0.25, 0.3) is 4.98 Å². The quantitative estimate of drug-likeness (QED) is 0.477. The van der Waals surface area contributed by atoms with Gasteiger partial charge in [0, 0.05) is 17.4 Å². The zero-order valence-corrected chi connectivity index (χ0v) is 13.8. The Kier molecular flexibility index (Phi) is 5.58. The second kappa shape index (κ2) is 6.99. The van der Waals surface area contributed by atoms with Gasteiger partial charge < -0.3 is 14.6 Å². The number of aliphatic hydroxyl groups is 1. The predicted molar refractivity (Wildman–Crippen MR) is 86.9 cm³/mol. The molecule has 22 heavy (non-hydrogen) atoms. The van der Waals surface area contributed by atoms with Gasteiger partial charge in [0.2, 0.25) is 5.39 Å². The van der Waals surface area contributed by atoms with Gasteiger partial charge in [0.05, 0.1) is 14.2 Å². The fourth-order valence-electron chi connectivity index (χ4n) is 2.43. The molecule has 0 heterocycles. The van der Waals surface area contributed by atoms with E-state index in [1.54, 1.807) is 14.2 Å². The number of nitrogens with zero attached hydrogens (tertiary/aromatic N) is 2. The average Bonchev–Trinajstić information content (AvgIpc) is 2.46. The minimum atomic E-state index is -0.600. The lowest BCUT2D eigenvalue weighted by molar-refractivity contribution is 0.340. The van der Waals surface area contributed by atoms with Crippen molar-refractivity contribution in [3.8, 4) is 11.5 Å². The zero-order chi connectivity index (χ0) is 16.9. The number of aryl methyl sites for hydroxylation is 1. The molecular weight excluding hydrogens is 280 g/mol. The molecule has 0 aliphatic heterocycles. The Balaban J connectivity index is 3.53. The van der Waals surface area contributed by atoms with Crippen LogP contribution in [0, 0.1) is 12.3 Å². The van der Waals surface area contributed by atoms with Crippen LogP contribution in [0.2, 0.25) is 0 Å². The molecule has 1 rings (SSSR count). The van der Waals surface area contributed by atoms with Crippen molar-refractivity contribution in [3.63, 3.8) is 0 Å². The molecule has 0 spiro atoms.